The van der Waals surface area contributed by atoms with Gasteiger partial charge in [-0.2, -0.15) is 0 Å². The van der Waals surface area contributed by atoms with E-state index in [1.165, 1.54) is 6.07 Å². The first-order valence-corrected chi connectivity index (χ1v) is 8.63. The Balaban J connectivity index is 1.45. The molecule has 1 saturated heterocycles. The standard InChI is InChI=1S/C20H20FNO3/c21-16-7-3-5-14(11-16)15-6-4-10-22(12-15)20(23)19-13-24-17-8-1-2-9-18(17)25-19/h1-3,5,7-9,11,15,19H,4,6,10,12-13H2. The Morgan fingerprint density at radius 2 is 1.96 bits per heavy atom. The van der Waals surface area contributed by atoms with Crippen LogP contribution in [0.1, 0.15) is 24.3 Å². The van der Waals surface area contributed by atoms with Crippen LogP contribution in [-0.4, -0.2) is 36.6 Å². The number of amides is 1. The third-order valence-electron chi connectivity index (χ3n) is 4.84. The summed E-state index contributed by atoms with van der Waals surface area (Å²) in [5, 5.41) is 0. The summed E-state index contributed by atoms with van der Waals surface area (Å²) in [6.45, 7) is 1.51. The fourth-order valence-electron chi connectivity index (χ4n) is 3.55. The third-order valence-corrected chi connectivity index (χ3v) is 4.84. The highest BCUT2D eigenvalue weighted by Gasteiger charge is 2.33. The number of carbonyl (C=O) groups excluding carboxylic acids is 1. The maximum absolute atomic E-state index is 13.5. The summed E-state index contributed by atoms with van der Waals surface area (Å²) in [4.78, 5) is 14.7. The van der Waals surface area contributed by atoms with Crippen molar-refractivity contribution in [3.63, 3.8) is 0 Å². The molecule has 2 atom stereocenters. The largest absolute Gasteiger partial charge is 0.485 e. The minimum atomic E-state index is -0.624. The van der Waals surface area contributed by atoms with E-state index in [0.29, 0.717) is 24.6 Å². The van der Waals surface area contributed by atoms with E-state index in [9.17, 15) is 9.18 Å². The Kier molecular flexibility index (Phi) is 4.30. The Morgan fingerprint density at radius 1 is 1.12 bits per heavy atom. The van der Waals surface area contributed by atoms with Gasteiger partial charge in [-0.25, -0.2) is 4.39 Å². The molecule has 0 saturated carbocycles. The molecule has 0 aliphatic carbocycles. The third kappa shape index (κ3) is 3.31. The lowest BCUT2D eigenvalue weighted by molar-refractivity contribution is -0.142. The number of likely N-dealkylation sites (tertiary alicyclic amines) is 1. The molecule has 0 N–H and O–H groups in total. The average Bonchev–Trinajstić information content (AvgIpc) is 2.67. The van der Waals surface area contributed by atoms with Crippen LogP contribution in [0.2, 0.25) is 0 Å². The molecule has 1 fully saturated rings. The molecular formula is C20H20FNO3. The van der Waals surface area contributed by atoms with Crippen molar-refractivity contribution in [3.8, 4) is 11.5 Å². The van der Waals surface area contributed by atoms with Gasteiger partial charge in [-0.1, -0.05) is 24.3 Å². The molecule has 0 bridgehead atoms. The number of hydrogen-bond donors (Lipinski definition) is 0. The predicted octanol–water partition coefficient (Wildman–Crippen LogP) is 3.37. The number of para-hydroxylation sites is 2. The number of carbonyl (C=O) groups is 1. The van der Waals surface area contributed by atoms with Gasteiger partial charge >= 0.3 is 0 Å². The molecule has 1 amide bonds. The molecule has 4 nitrogen and oxygen atoms in total. The predicted molar refractivity (Wildman–Crippen MR) is 91.3 cm³/mol. The van der Waals surface area contributed by atoms with Crippen molar-refractivity contribution in [1.29, 1.82) is 0 Å². The van der Waals surface area contributed by atoms with Crippen LogP contribution in [0.4, 0.5) is 4.39 Å². The number of hydrogen-bond acceptors (Lipinski definition) is 3. The summed E-state index contributed by atoms with van der Waals surface area (Å²) in [5.41, 5.74) is 0.948. The van der Waals surface area contributed by atoms with Crippen LogP contribution < -0.4 is 9.47 Å². The van der Waals surface area contributed by atoms with Gasteiger partial charge < -0.3 is 14.4 Å². The molecule has 0 spiro atoms. The number of halogens is 1. The highest BCUT2D eigenvalue weighted by Crippen LogP contribution is 2.32. The lowest BCUT2D eigenvalue weighted by Crippen LogP contribution is -2.49. The fourth-order valence-corrected chi connectivity index (χ4v) is 3.55. The average molecular weight is 341 g/mol. The van der Waals surface area contributed by atoms with E-state index >= 15 is 0 Å². The molecule has 2 unspecified atom stereocenters. The van der Waals surface area contributed by atoms with Gasteiger partial charge in [0.15, 0.2) is 11.5 Å². The summed E-state index contributed by atoms with van der Waals surface area (Å²) in [5.74, 6) is 1.14. The normalized spacial score (nSPS) is 22.5. The number of fused-ring (bicyclic) bond motifs is 1. The Morgan fingerprint density at radius 3 is 2.80 bits per heavy atom. The zero-order valence-corrected chi connectivity index (χ0v) is 13.9. The zero-order chi connectivity index (χ0) is 17.2. The van der Waals surface area contributed by atoms with Crippen LogP contribution in [0, 0.1) is 5.82 Å². The highest BCUT2D eigenvalue weighted by atomic mass is 19.1. The first-order chi connectivity index (χ1) is 12.2. The second-order valence-corrected chi connectivity index (χ2v) is 6.54. The van der Waals surface area contributed by atoms with E-state index in [1.54, 1.807) is 18.2 Å². The monoisotopic (exact) mass is 341 g/mol. The first kappa shape index (κ1) is 15.9. The lowest BCUT2D eigenvalue weighted by atomic mass is 9.90. The van der Waals surface area contributed by atoms with Crippen molar-refractivity contribution in [2.24, 2.45) is 0 Å². The van der Waals surface area contributed by atoms with Crippen LogP contribution in [0.25, 0.3) is 0 Å². The van der Waals surface area contributed by atoms with Crippen LogP contribution in [0.15, 0.2) is 48.5 Å². The summed E-state index contributed by atoms with van der Waals surface area (Å²) in [7, 11) is 0. The van der Waals surface area contributed by atoms with Gasteiger partial charge in [0.1, 0.15) is 12.4 Å². The molecule has 5 heteroatoms. The number of rotatable bonds is 2. The molecule has 0 radical (unpaired) electrons. The van der Waals surface area contributed by atoms with E-state index in [-0.39, 0.29) is 24.2 Å². The molecule has 0 aromatic heterocycles. The van der Waals surface area contributed by atoms with Crippen LogP contribution >= 0.6 is 0 Å². The first-order valence-electron chi connectivity index (χ1n) is 8.63. The second-order valence-electron chi connectivity index (χ2n) is 6.54. The molecule has 2 aliphatic rings. The summed E-state index contributed by atoms with van der Waals surface area (Å²) < 4.78 is 25.0. The summed E-state index contributed by atoms with van der Waals surface area (Å²) in [6.07, 6.45) is 1.23. The molecule has 2 aromatic carbocycles. The maximum Gasteiger partial charge on any atom is 0.267 e. The number of nitrogens with zero attached hydrogens (tertiary/aromatic N) is 1. The van der Waals surface area contributed by atoms with E-state index in [1.807, 2.05) is 29.2 Å². The smallest absolute Gasteiger partial charge is 0.267 e. The Labute approximate surface area is 146 Å². The zero-order valence-electron chi connectivity index (χ0n) is 13.9. The van der Waals surface area contributed by atoms with E-state index in [0.717, 1.165) is 18.4 Å². The molecule has 4 rings (SSSR count). The maximum atomic E-state index is 13.5. The molecule has 2 aromatic rings. The molecular weight excluding hydrogens is 321 g/mol. The number of piperidine rings is 1. The summed E-state index contributed by atoms with van der Waals surface area (Å²) >= 11 is 0. The van der Waals surface area contributed by atoms with Crippen molar-refractivity contribution in [2.75, 3.05) is 19.7 Å². The van der Waals surface area contributed by atoms with Crippen molar-refractivity contribution in [1.82, 2.24) is 4.90 Å². The van der Waals surface area contributed by atoms with E-state index in [2.05, 4.69) is 0 Å². The minimum Gasteiger partial charge on any atom is -0.485 e. The fraction of sp³-hybridized carbons (Fsp3) is 0.350. The van der Waals surface area contributed by atoms with Crippen molar-refractivity contribution in [3.05, 3.63) is 59.9 Å². The van der Waals surface area contributed by atoms with Gasteiger partial charge in [-0.3, -0.25) is 4.79 Å². The van der Waals surface area contributed by atoms with Gasteiger partial charge in [0, 0.05) is 19.0 Å². The van der Waals surface area contributed by atoms with Gasteiger partial charge in [0.2, 0.25) is 6.10 Å². The Bertz CT molecular complexity index is 779. The highest BCUT2D eigenvalue weighted by molar-refractivity contribution is 5.82. The van der Waals surface area contributed by atoms with Gasteiger partial charge in [-0.05, 0) is 42.7 Å². The minimum absolute atomic E-state index is 0.0596. The van der Waals surface area contributed by atoms with Crippen molar-refractivity contribution in [2.45, 2.75) is 24.9 Å². The van der Waals surface area contributed by atoms with Crippen molar-refractivity contribution < 1.29 is 18.7 Å². The summed E-state index contributed by atoms with van der Waals surface area (Å²) in [6, 6.07) is 14.0. The van der Waals surface area contributed by atoms with E-state index in [4.69, 9.17) is 9.47 Å². The lowest BCUT2D eigenvalue weighted by Gasteiger charge is -2.36. The molecule has 130 valence electrons. The number of ether oxygens (including phenoxy) is 2. The van der Waals surface area contributed by atoms with Gasteiger partial charge in [-0.15, -0.1) is 0 Å². The van der Waals surface area contributed by atoms with Crippen LogP contribution in [0.3, 0.4) is 0 Å². The molecule has 25 heavy (non-hydrogen) atoms. The SMILES string of the molecule is O=C(C1COc2ccccc2O1)N1CCCC(c2cccc(F)c2)C1. The van der Waals surface area contributed by atoms with Gasteiger partial charge in [0.25, 0.3) is 5.91 Å². The quantitative estimate of drug-likeness (QED) is 0.841. The van der Waals surface area contributed by atoms with Crippen molar-refractivity contribution >= 4 is 5.91 Å². The molecule has 2 aliphatic heterocycles. The number of benzene rings is 2. The topological polar surface area (TPSA) is 38.8 Å². The Hall–Kier alpha value is -2.56. The van der Waals surface area contributed by atoms with Gasteiger partial charge in [0.05, 0.1) is 0 Å². The van der Waals surface area contributed by atoms with Crippen LogP contribution in [-0.2, 0) is 4.79 Å². The molecule has 2 heterocycles. The second kappa shape index (κ2) is 6.75. The van der Waals surface area contributed by atoms with E-state index < -0.39 is 6.10 Å². The van der Waals surface area contributed by atoms with Crippen LogP contribution in [0.5, 0.6) is 11.5 Å².